The minimum absolute atomic E-state index is 0.0589. The lowest BCUT2D eigenvalue weighted by atomic mass is 10.2. The lowest BCUT2D eigenvalue weighted by molar-refractivity contribution is 0.0158. The summed E-state index contributed by atoms with van der Waals surface area (Å²) in [5, 5.41) is 6.98. The van der Waals surface area contributed by atoms with Crippen LogP contribution in [0.4, 0.5) is 10.7 Å². The van der Waals surface area contributed by atoms with Crippen molar-refractivity contribution in [3.8, 4) is 0 Å². The predicted molar refractivity (Wildman–Crippen MR) is 89.1 cm³/mol. The number of nitrogens with zero attached hydrogens (tertiary/aromatic N) is 4. The minimum atomic E-state index is -0.521. The molecular weight excluding hydrogens is 312 g/mol. The van der Waals surface area contributed by atoms with Gasteiger partial charge in [-0.3, -0.25) is 14.9 Å². The van der Waals surface area contributed by atoms with Crippen molar-refractivity contribution >= 4 is 23.1 Å². The largest absolute Gasteiger partial charge is 0.444 e. The van der Waals surface area contributed by atoms with E-state index in [0.29, 0.717) is 36.6 Å². The monoisotopic (exact) mass is 334 g/mol. The van der Waals surface area contributed by atoms with Crippen LogP contribution in [0.2, 0.25) is 0 Å². The molecule has 130 valence electrons. The van der Waals surface area contributed by atoms with Crippen molar-refractivity contribution in [2.24, 2.45) is 0 Å². The summed E-state index contributed by atoms with van der Waals surface area (Å²) in [4.78, 5) is 35.1. The summed E-state index contributed by atoms with van der Waals surface area (Å²) >= 11 is 0. The Kier molecular flexibility index (Phi) is 3.94. The molecule has 1 fully saturated rings. The van der Waals surface area contributed by atoms with Gasteiger partial charge in [0.1, 0.15) is 11.0 Å². The summed E-state index contributed by atoms with van der Waals surface area (Å²) in [6.07, 6.45) is 1.13. The highest BCUT2D eigenvalue weighted by molar-refractivity contribution is 5.73. The first-order valence-corrected chi connectivity index (χ1v) is 7.92. The van der Waals surface area contributed by atoms with Gasteiger partial charge in [-0.25, -0.2) is 4.79 Å². The molecule has 3 heterocycles. The van der Waals surface area contributed by atoms with Crippen LogP contribution in [0.25, 0.3) is 11.0 Å². The number of nitrogens with one attached hydrogen (secondary N) is 2. The Morgan fingerprint density at radius 2 is 2.12 bits per heavy atom. The standard InChI is InChI=1S/C15H22N6O3/c1-9-8-20(5-6-21(9)14(23)24-15(2,3)4)13-17-11-10(7-16-19-11)12(22)18-13/h7,9H,5-6,8H2,1-4H3,(H2,16,17,18,19,22)/t9-/m1/s1. The number of carbonyl (C=O) groups excluding carboxylic acids is 1. The second-order valence-corrected chi connectivity index (χ2v) is 6.99. The Bertz CT molecular complexity index is 805. The van der Waals surface area contributed by atoms with E-state index < -0.39 is 5.60 Å². The van der Waals surface area contributed by atoms with Crippen LogP contribution < -0.4 is 10.5 Å². The highest BCUT2D eigenvalue weighted by Gasteiger charge is 2.31. The molecule has 9 heteroatoms. The normalized spacial score (nSPS) is 18.9. The van der Waals surface area contributed by atoms with Crippen molar-refractivity contribution in [2.45, 2.75) is 39.3 Å². The maximum atomic E-state index is 12.3. The molecule has 9 nitrogen and oxygen atoms in total. The third-order valence-corrected chi connectivity index (χ3v) is 3.86. The molecule has 0 unspecified atom stereocenters. The number of aromatic amines is 2. The minimum Gasteiger partial charge on any atom is -0.444 e. The van der Waals surface area contributed by atoms with E-state index in [1.807, 2.05) is 32.6 Å². The summed E-state index contributed by atoms with van der Waals surface area (Å²) in [5.41, 5.74) is -0.297. The summed E-state index contributed by atoms with van der Waals surface area (Å²) < 4.78 is 5.44. The van der Waals surface area contributed by atoms with Gasteiger partial charge in [-0.2, -0.15) is 10.1 Å². The van der Waals surface area contributed by atoms with Crippen LogP contribution in [0.5, 0.6) is 0 Å². The fraction of sp³-hybridized carbons (Fsp3) is 0.600. The third-order valence-electron chi connectivity index (χ3n) is 3.86. The van der Waals surface area contributed by atoms with Gasteiger partial charge < -0.3 is 14.5 Å². The molecule has 0 aromatic carbocycles. The molecule has 2 aromatic rings. The number of amides is 1. The van der Waals surface area contributed by atoms with E-state index in [4.69, 9.17) is 4.74 Å². The number of rotatable bonds is 1. The molecule has 3 rings (SSSR count). The van der Waals surface area contributed by atoms with E-state index in [1.54, 1.807) is 4.90 Å². The summed E-state index contributed by atoms with van der Waals surface area (Å²) in [7, 11) is 0. The number of aromatic nitrogens is 4. The van der Waals surface area contributed by atoms with E-state index in [0.717, 1.165) is 0 Å². The number of piperazine rings is 1. The molecule has 1 aliphatic rings. The van der Waals surface area contributed by atoms with Crippen molar-refractivity contribution in [1.82, 2.24) is 25.1 Å². The Morgan fingerprint density at radius 3 is 2.79 bits per heavy atom. The first kappa shape index (κ1) is 16.3. The molecule has 0 saturated carbocycles. The molecule has 2 N–H and O–H groups in total. The molecule has 24 heavy (non-hydrogen) atoms. The molecular formula is C15H22N6O3. The predicted octanol–water partition coefficient (Wildman–Crippen LogP) is 1.09. The topological polar surface area (TPSA) is 107 Å². The molecule has 0 aliphatic carbocycles. The summed E-state index contributed by atoms with van der Waals surface area (Å²) in [6.45, 7) is 9.11. The molecule has 1 amide bonds. The zero-order valence-electron chi connectivity index (χ0n) is 14.3. The van der Waals surface area contributed by atoms with Crippen LogP contribution in [-0.4, -0.2) is 62.4 Å². The average Bonchev–Trinajstić information content (AvgIpc) is 2.94. The van der Waals surface area contributed by atoms with Gasteiger partial charge >= 0.3 is 6.09 Å². The fourth-order valence-electron chi connectivity index (χ4n) is 2.73. The van der Waals surface area contributed by atoms with E-state index in [9.17, 15) is 9.59 Å². The second kappa shape index (κ2) is 5.81. The maximum Gasteiger partial charge on any atom is 0.410 e. The SMILES string of the molecule is C[C@@H]1CN(c2nc3[nH]ncc3c(=O)[nH]2)CCN1C(=O)OC(C)(C)C. The third kappa shape index (κ3) is 3.19. The number of hydrogen-bond acceptors (Lipinski definition) is 6. The van der Waals surface area contributed by atoms with Crippen molar-refractivity contribution in [3.63, 3.8) is 0 Å². The lowest BCUT2D eigenvalue weighted by Crippen LogP contribution is -2.55. The van der Waals surface area contributed by atoms with E-state index >= 15 is 0 Å². The van der Waals surface area contributed by atoms with E-state index in [-0.39, 0.29) is 17.7 Å². The van der Waals surface area contributed by atoms with Crippen LogP contribution >= 0.6 is 0 Å². The molecule has 0 radical (unpaired) electrons. The van der Waals surface area contributed by atoms with Gasteiger partial charge in [0.2, 0.25) is 5.95 Å². The molecule has 1 aliphatic heterocycles. The van der Waals surface area contributed by atoms with Crippen molar-refractivity contribution in [3.05, 3.63) is 16.6 Å². The van der Waals surface area contributed by atoms with Crippen LogP contribution in [0.3, 0.4) is 0 Å². The zero-order chi connectivity index (χ0) is 17.5. The Balaban J connectivity index is 1.75. The molecule has 0 bridgehead atoms. The first-order chi connectivity index (χ1) is 11.2. The van der Waals surface area contributed by atoms with Gasteiger partial charge in [0.25, 0.3) is 5.56 Å². The maximum absolute atomic E-state index is 12.3. The Hall–Kier alpha value is -2.58. The van der Waals surface area contributed by atoms with Gasteiger partial charge in [-0.1, -0.05) is 0 Å². The quantitative estimate of drug-likeness (QED) is 0.808. The number of carbonyl (C=O) groups is 1. The Morgan fingerprint density at radius 1 is 1.38 bits per heavy atom. The fourth-order valence-corrected chi connectivity index (χ4v) is 2.73. The summed E-state index contributed by atoms with van der Waals surface area (Å²) in [5.74, 6) is 0.479. The van der Waals surface area contributed by atoms with Crippen molar-refractivity contribution in [2.75, 3.05) is 24.5 Å². The molecule has 2 aromatic heterocycles. The lowest BCUT2D eigenvalue weighted by Gasteiger charge is -2.40. The van der Waals surface area contributed by atoms with Gasteiger partial charge in [0.15, 0.2) is 5.65 Å². The molecule has 0 spiro atoms. The Labute approximate surface area is 139 Å². The number of fused-ring (bicyclic) bond motifs is 1. The van der Waals surface area contributed by atoms with E-state index in [2.05, 4.69) is 20.2 Å². The highest BCUT2D eigenvalue weighted by Crippen LogP contribution is 2.18. The first-order valence-electron chi connectivity index (χ1n) is 7.92. The number of ether oxygens (including phenoxy) is 1. The average molecular weight is 334 g/mol. The zero-order valence-corrected chi connectivity index (χ0v) is 14.3. The van der Waals surface area contributed by atoms with Crippen molar-refractivity contribution < 1.29 is 9.53 Å². The van der Waals surface area contributed by atoms with Crippen LogP contribution in [0, 0.1) is 0 Å². The number of H-pyrrole nitrogens is 2. The van der Waals surface area contributed by atoms with Gasteiger partial charge in [0, 0.05) is 25.7 Å². The number of anilines is 1. The van der Waals surface area contributed by atoms with Crippen molar-refractivity contribution in [1.29, 1.82) is 0 Å². The molecule has 1 atom stereocenters. The van der Waals surface area contributed by atoms with Gasteiger partial charge in [-0.15, -0.1) is 0 Å². The smallest absolute Gasteiger partial charge is 0.410 e. The van der Waals surface area contributed by atoms with Gasteiger partial charge in [-0.05, 0) is 27.7 Å². The van der Waals surface area contributed by atoms with Crippen LogP contribution in [0.15, 0.2) is 11.0 Å². The summed E-state index contributed by atoms with van der Waals surface area (Å²) in [6, 6.07) is -0.0589. The van der Waals surface area contributed by atoms with E-state index in [1.165, 1.54) is 6.20 Å². The highest BCUT2D eigenvalue weighted by atomic mass is 16.6. The molecule has 1 saturated heterocycles. The number of hydrogen-bond donors (Lipinski definition) is 2. The van der Waals surface area contributed by atoms with Gasteiger partial charge in [0.05, 0.1) is 6.20 Å². The second-order valence-electron chi connectivity index (χ2n) is 6.99. The van der Waals surface area contributed by atoms with Crippen LogP contribution in [0.1, 0.15) is 27.7 Å². The van der Waals surface area contributed by atoms with Crippen LogP contribution in [-0.2, 0) is 4.74 Å².